The zero-order valence-corrected chi connectivity index (χ0v) is 11.7. The Morgan fingerprint density at radius 1 is 1.21 bits per heavy atom. The van der Waals surface area contributed by atoms with E-state index in [0.29, 0.717) is 22.3 Å². The minimum absolute atomic E-state index is 0.335. The molecule has 0 radical (unpaired) electrons. The van der Waals surface area contributed by atoms with Gasteiger partial charge in [0, 0.05) is 10.6 Å². The topological polar surface area (TPSA) is 34.1 Å². The molecular formula is C10H21BrO2S. The van der Waals surface area contributed by atoms with Crippen molar-refractivity contribution in [1.82, 2.24) is 0 Å². The molecule has 0 aromatic carbocycles. The molecule has 0 aromatic heterocycles. The third-order valence-corrected chi connectivity index (χ3v) is 5.63. The normalized spacial score (nSPS) is 14.6. The average Bonchev–Trinajstić information content (AvgIpc) is 2.03. The van der Waals surface area contributed by atoms with Crippen molar-refractivity contribution in [3.05, 3.63) is 0 Å². The van der Waals surface area contributed by atoms with Gasteiger partial charge < -0.3 is 0 Å². The molecule has 0 aliphatic rings. The van der Waals surface area contributed by atoms with Crippen LogP contribution in [0.4, 0.5) is 0 Å². The Kier molecular flexibility index (Phi) is 7.04. The van der Waals surface area contributed by atoms with E-state index in [2.05, 4.69) is 29.8 Å². The molecule has 0 aromatic rings. The average molecular weight is 285 g/mol. The maximum atomic E-state index is 11.4. The summed E-state index contributed by atoms with van der Waals surface area (Å²) in [5.74, 6) is 1.25. The Labute approximate surface area is 96.5 Å². The third kappa shape index (κ3) is 6.82. The van der Waals surface area contributed by atoms with Gasteiger partial charge in [0.15, 0.2) is 0 Å². The van der Waals surface area contributed by atoms with E-state index in [1.165, 1.54) is 0 Å². The van der Waals surface area contributed by atoms with Gasteiger partial charge in [-0.25, -0.2) is 8.42 Å². The molecule has 0 amide bonds. The van der Waals surface area contributed by atoms with Gasteiger partial charge in [0.25, 0.3) is 0 Å². The predicted octanol–water partition coefficient (Wildman–Crippen LogP) is 3.01. The van der Waals surface area contributed by atoms with Gasteiger partial charge >= 0.3 is 0 Å². The van der Waals surface area contributed by atoms with Gasteiger partial charge in [-0.05, 0) is 25.2 Å². The van der Waals surface area contributed by atoms with Crippen molar-refractivity contribution in [1.29, 1.82) is 0 Å². The second kappa shape index (κ2) is 6.83. The zero-order chi connectivity index (χ0) is 11.2. The molecule has 1 atom stereocenters. The van der Waals surface area contributed by atoms with E-state index in [0.717, 1.165) is 19.3 Å². The van der Waals surface area contributed by atoms with Crippen LogP contribution in [0.15, 0.2) is 0 Å². The van der Waals surface area contributed by atoms with Crippen LogP contribution in [-0.4, -0.2) is 24.8 Å². The molecule has 86 valence electrons. The van der Waals surface area contributed by atoms with Crippen LogP contribution in [0.25, 0.3) is 0 Å². The van der Waals surface area contributed by atoms with Gasteiger partial charge in [-0.3, -0.25) is 0 Å². The number of hydrogen-bond donors (Lipinski definition) is 0. The van der Waals surface area contributed by atoms with Crippen molar-refractivity contribution in [2.45, 2.75) is 44.9 Å². The van der Waals surface area contributed by atoms with Crippen molar-refractivity contribution < 1.29 is 8.42 Å². The lowest BCUT2D eigenvalue weighted by Gasteiger charge is -2.12. The van der Waals surface area contributed by atoms with Gasteiger partial charge in [0.1, 0.15) is 9.84 Å². The summed E-state index contributed by atoms with van der Waals surface area (Å²) in [5.41, 5.74) is 0. The van der Waals surface area contributed by atoms with Crippen LogP contribution in [-0.2, 0) is 9.84 Å². The van der Waals surface area contributed by atoms with E-state index in [9.17, 15) is 8.42 Å². The molecule has 0 heterocycles. The van der Waals surface area contributed by atoms with Crippen LogP contribution in [0.5, 0.6) is 0 Å². The van der Waals surface area contributed by atoms with E-state index >= 15 is 0 Å². The summed E-state index contributed by atoms with van der Waals surface area (Å²) in [6.45, 7) is 6.18. The molecule has 14 heavy (non-hydrogen) atoms. The van der Waals surface area contributed by atoms with Crippen molar-refractivity contribution in [2.75, 3.05) is 11.5 Å². The fourth-order valence-electron chi connectivity index (χ4n) is 1.24. The Bertz CT molecular complexity index is 235. The summed E-state index contributed by atoms with van der Waals surface area (Å²) in [6.07, 6.45) is 2.45. The summed E-state index contributed by atoms with van der Waals surface area (Å²) in [6, 6.07) is 0. The first-order chi connectivity index (χ1) is 6.39. The van der Waals surface area contributed by atoms with E-state index in [1.54, 1.807) is 0 Å². The molecule has 0 N–H and O–H groups in total. The molecular weight excluding hydrogens is 264 g/mol. The summed E-state index contributed by atoms with van der Waals surface area (Å²) in [4.78, 5) is 0.444. The second-order valence-electron chi connectivity index (χ2n) is 4.05. The molecule has 4 heteroatoms. The molecule has 0 fully saturated rings. The molecule has 0 rings (SSSR count). The Morgan fingerprint density at radius 3 is 2.21 bits per heavy atom. The van der Waals surface area contributed by atoms with E-state index in [-0.39, 0.29) is 0 Å². The highest BCUT2D eigenvalue weighted by molar-refractivity contribution is 9.09. The number of hydrogen-bond acceptors (Lipinski definition) is 2. The van der Waals surface area contributed by atoms with Crippen LogP contribution in [0.2, 0.25) is 0 Å². The van der Waals surface area contributed by atoms with Crippen molar-refractivity contribution in [3.8, 4) is 0 Å². The third-order valence-electron chi connectivity index (χ3n) is 2.17. The molecule has 1 unspecified atom stereocenters. The van der Waals surface area contributed by atoms with Gasteiger partial charge in [-0.15, -0.1) is 0 Å². The first-order valence-corrected chi connectivity index (χ1v) is 7.97. The fraction of sp³-hybridized carbons (Fsp3) is 1.00. The SMILES string of the molecule is CCCS(=O)(=O)CCCC(Br)C(C)C. The maximum Gasteiger partial charge on any atom is 0.150 e. The lowest BCUT2D eigenvalue weighted by atomic mass is 10.1. The standard InChI is InChI=1S/C10H21BrO2S/c1-4-7-14(12,13)8-5-6-10(11)9(2)3/h9-10H,4-8H2,1-3H3. The minimum Gasteiger partial charge on any atom is -0.229 e. The van der Waals surface area contributed by atoms with Crippen molar-refractivity contribution in [3.63, 3.8) is 0 Å². The van der Waals surface area contributed by atoms with E-state index < -0.39 is 9.84 Å². The summed E-state index contributed by atoms with van der Waals surface area (Å²) < 4.78 is 22.7. The van der Waals surface area contributed by atoms with Gasteiger partial charge in [0.2, 0.25) is 0 Å². The first kappa shape index (κ1) is 14.4. The van der Waals surface area contributed by atoms with Crippen LogP contribution in [0, 0.1) is 5.92 Å². The summed E-state index contributed by atoms with van der Waals surface area (Å²) in [7, 11) is -2.77. The van der Waals surface area contributed by atoms with Crippen LogP contribution in [0.1, 0.15) is 40.0 Å². The zero-order valence-electron chi connectivity index (χ0n) is 9.29. The number of halogens is 1. The molecule has 0 aliphatic carbocycles. The number of alkyl halides is 1. The largest absolute Gasteiger partial charge is 0.229 e. The molecule has 0 bridgehead atoms. The van der Waals surface area contributed by atoms with Crippen LogP contribution in [0.3, 0.4) is 0 Å². The quantitative estimate of drug-likeness (QED) is 0.674. The fourth-order valence-corrected chi connectivity index (χ4v) is 3.00. The lowest BCUT2D eigenvalue weighted by Crippen LogP contribution is -2.13. The highest BCUT2D eigenvalue weighted by Gasteiger charge is 2.12. The minimum atomic E-state index is -2.77. The number of sulfone groups is 1. The van der Waals surface area contributed by atoms with E-state index in [1.807, 2.05) is 6.92 Å². The Balaban J connectivity index is 3.74. The van der Waals surface area contributed by atoms with Gasteiger partial charge in [-0.1, -0.05) is 36.7 Å². The maximum absolute atomic E-state index is 11.4. The Hall–Kier alpha value is 0.430. The Morgan fingerprint density at radius 2 is 1.79 bits per heavy atom. The van der Waals surface area contributed by atoms with Crippen molar-refractivity contribution in [2.24, 2.45) is 5.92 Å². The van der Waals surface area contributed by atoms with Gasteiger partial charge in [-0.2, -0.15) is 0 Å². The molecule has 0 spiro atoms. The predicted molar refractivity (Wildman–Crippen MR) is 65.7 cm³/mol. The summed E-state index contributed by atoms with van der Waals surface area (Å²) in [5, 5.41) is 0. The molecule has 0 aliphatic heterocycles. The number of rotatable bonds is 7. The van der Waals surface area contributed by atoms with Crippen LogP contribution >= 0.6 is 15.9 Å². The molecule has 0 saturated carbocycles. The van der Waals surface area contributed by atoms with E-state index in [4.69, 9.17) is 0 Å². The van der Waals surface area contributed by atoms with Gasteiger partial charge in [0.05, 0.1) is 5.75 Å². The summed E-state index contributed by atoms with van der Waals surface area (Å²) >= 11 is 3.55. The molecule has 0 saturated heterocycles. The smallest absolute Gasteiger partial charge is 0.150 e. The highest BCUT2D eigenvalue weighted by Crippen LogP contribution is 2.18. The highest BCUT2D eigenvalue weighted by atomic mass is 79.9. The monoisotopic (exact) mass is 284 g/mol. The first-order valence-electron chi connectivity index (χ1n) is 5.23. The second-order valence-corrected chi connectivity index (χ2v) is 7.53. The lowest BCUT2D eigenvalue weighted by molar-refractivity contribution is 0.563. The molecule has 2 nitrogen and oxygen atoms in total. The van der Waals surface area contributed by atoms with Crippen molar-refractivity contribution >= 4 is 25.8 Å². The van der Waals surface area contributed by atoms with Crippen LogP contribution < -0.4 is 0 Å².